The summed E-state index contributed by atoms with van der Waals surface area (Å²) in [5.74, 6) is -1.67. The van der Waals surface area contributed by atoms with E-state index in [9.17, 15) is 22.4 Å². The van der Waals surface area contributed by atoms with E-state index in [1.54, 1.807) is 30.5 Å². The van der Waals surface area contributed by atoms with Crippen LogP contribution in [0.15, 0.2) is 53.2 Å². The normalized spacial score (nSPS) is 15.2. The highest BCUT2D eigenvalue weighted by Crippen LogP contribution is 2.59. The van der Waals surface area contributed by atoms with E-state index in [4.69, 9.17) is 4.52 Å². The topological polar surface area (TPSA) is 68.0 Å². The van der Waals surface area contributed by atoms with Crippen molar-refractivity contribution in [2.75, 3.05) is 5.32 Å². The van der Waals surface area contributed by atoms with Crippen molar-refractivity contribution in [2.24, 2.45) is 0 Å². The van der Waals surface area contributed by atoms with Crippen LogP contribution in [0.25, 0.3) is 11.3 Å². The Morgan fingerprint density at radius 3 is 2.59 bits per heavy atom. The van der Waals surface area contributed by atoms with Gasteiger partial charge in [0, 0.05) is 17.8 Å². The standard InChI is InChI=1S/C20H15F4N3O2/c21-14-9-13(15-3-1-2-8-25-15)5-4-12(14)10-18(28)26-17-11-16(29-27-17)19(6-7-19)20(22,23)24/h1-5,8-9,11H,6-7,10H2,(H,26,27,28). The molecule has 2 heterocycles. The van der Waals surface area contributed by atoms with Gasteiger partial charge in [-0.2, -0.15) is 13.2 Å². The molecule has 1 saturated carbocycles. The lowest BCUT2D eigenvalue weighted by Gasteiger charge is -2.14. The number of amides is 1. The monoisotopic (exact) mass is 405 g/mol. The van der Waals surface area contributed by atoms with E-state index in [1.807, 2.05) is 0 Å². The van der Waals surface area contributed by atoms with Crippen LogP contribution in [0.4, 0.5) is 23.4 Å². The molecule has 1 N–H and O–H groups in total. The number of carbonyl (C=O) groups excluding carboxylic acids is 1. The fourth-order valence-electron chi connectivity index (χ4n) is 3.10. The van der Waals surface area contributed by atoms with Crippen LogP contribution in [-0.4, -0.2) is 22.2 Å². The lowest BCUT2D eigenvalue weighted by atomic mass is 10.0. The Labute approximate surface area is 162 Å². The molecule has 1 aromatic carbocycles. The van der Waals surface area contributed by atoms with Gasteiger partial charge in [-0.05, 0) is 36.6 Å². The summed E-state index contributed by atoms with van der Waals surface area (Å²) in [5, 5.41) is 5.83. The predicted octanol–water partition coefficient (Wildman–Crippen LogP) is 4.65. The SMILES string of the molecule is O=C(Cc1ccc(-c2ccccn2)cc1F)Nc1cc(C2(C(F)(F)F)CC2)on1. The van der Waals surface area contributed by atoms with Gasteiger partial charge >= 0.3 is 6.18 Å². The van der Waals surface area contributed by atoms with Crippen molar-refractivity contribution in [3.63, 3.8) is 0 Å². The quantitative estimate of drug-likeness (QED) is 0.628. The number of aromatic nitrogens is 2. The second kappa shape index (κ2) is 6.98. The molecule has 2 aromatic heterocycles. The minimum atomic E-state index is -4.44. The molecule has 3 aromatic rings. The maximum atomic E-state index is 14.4. The molecule has 150 valence electrons. The molecule has 9 heteroatoms. The minimum Gasteiger partial charge on any atom is -0.358 e. The molecule has 0 saturated heterocycles. The number of nitrogens with zero attached hydrogens (tertiary/aromatic N) is 2. The first-order chi connectivity index (χ1) is 13.8. The molecule has 1 fully saturated rings. The van der Waals surface area contributed by atoms with Gasteiger partial charge in [0.1, 0.15) is 11.2 Å². The third-order valence-electron chi connectivity index (χ3n) is 4.91. The first kappa shape index (κ1) is 19.1. The molecule has 0 aliphatic heterocycles. The van der Waals surface area contributed by atoms with Gasteiger partial charge in [0.25, 0.3) is 0 Å². The van der Waals surface area contributed by atoms with Crippen molar-refractivity contribution in [1.29, 1.82) is 0 Å². The first-order valence-electron chi connectivity index (χ1n) is 8.82. The zero-order valence-electron chi connectivity index (χ0n) is 15.0. The van der Waals surface area contributed by atoms with E-state index in [0.29, 0.717) is 11.3 Å². The van der Waals surface area contributed by atoms with Crippen molar-refractivity contribution in [2.45, 2.75) is 30.9 Å². The number of alkyl halides is 3. The number of anilines is 1. The van der Waals surface area contributed by atoms with Crippen LogP contribution < -0.4 is 5.32 Å². The van der Waals surface area contributed by atoms with Crippen molar-refractivity contribution >= 4 is 11.7 Å². The third-order valence-corrected chi connectivity index (χ3v) is 4.91. The van der Waals surface area contributed by atoms with Crippen LogP contribution in [0, 0.1) is 5.82 Å². The molecule has 1 aliphatic rings. The van der Waals surface area contributed by atoms with E-state index in [0.717, 1.165) is 6.07 Å². The number of carbonyl (C=O) groups is 1. The maximum Gasteiger partial charge on any atom is 0.401 e. The Morgan fingerprint density at radius 2 is 1.97 bits per heavy atom. The van der Waals surface area contributed by atoms with E-state index >= 15 is 0 Å². The molecule has 0 spiro atoms. The van der Waals surface area contributed by atoms with Gasteiger partial charge in [0.2, 0.25) is 5.91 Å². The summed E-state index contributed by atoms with van der Waals surface area (Å²) in [5.41, 5.74) is -0.720. The lowest BCUT2D eigenvalue weighted by Crippen LogP contribution is -2.28. The van der Waals surface area contributed by atoms with E-state index in [1.165, 1.54) is 12.1 Å². The van der Waals surface area contributed by atoms with Gasteiger partial charge in [-0.25, -0.2) is 4.39 Å². The summed E-state index contributed by atoms with van der Waals surface area (Å²) in [6, 6.07) is 10.7. The molecule has 4 rings (SSSR count). The highest BCUT2D eigenvalue weighted by molar-refractivity contribution is 5.91. The zero-order chi connectivity index (χ0) is 20.6. The highest BCUT2D eigenvalue weighted by atomic mass is 19.4. The first-order valence-corrected chi connectivity index (χ1v) is 8.82. The number of pyridine rings is 1. The molecule has 0 atom stereocenters. The van der Waals surface area contributed by atoms with Crippen LogP contribution >= 0.6 is 0 Å². The number of halogens is 4. The summed E-state index contributed by atoms with van der Waals surface area (Å²) in [7, 11) is 0. The molecule has 0 radical (unpaired) electrons. The van der Waals surface area contributed by atoms with Gasteiger partial charge < -0.3 is 9.84 Å². The number of nitrogens with one attached hydrogen (secondary N) is 1. The number of rotatable bonds is 5. The summed E-state index contributed by atoms with van der Waals surface area (Å²) in [6.07, 6.45) is -3.31. The highest BCUT2D eigenvalue weighted by Gasteiger charge is 2.66. The predicted molar refractivity (Wildman–Crippen MR) is 95.4 cm³/mol. The number of hydrogen-bond acceptors (Lipinski definition) is 4. The van der Waals surface area contributed by atoms with E-state index in [2.05, 4.69) is 15.5 Å². The molecule has 0 bridgehead atoms. The Kier molecular flexibility index (Phi) is 4.60. The van der Waals surface area contributed by atoms with E-state index < -0.39 is 23.3 Å². The van der Waals surface area contributed by atoms with Crippen molar-refractivity contribution < 1.29 is 26.9 Å². The molecule has 1 amide bonds. The molecular weight excluding hydrogens is 390 g/mol. The Bertz CT molecular complexity index is 1040. The van der Waals surface area contributed by atoms with Crippen LogP contribution in [0.1, 0.15) is 24.2 Å². The van der Waals surface area contributed by atoms with Crippen molar-refractivity contribution in [3.05, 3.63) is 65.8 Å². The molecule has 5 nitrogen and oxygen atoms in total. The Morgan fingerprint density at radius 1 is 1.17 bits per heavy atom. The second-order valence-corrected chi connectivity index (χ2v) is 6.90. The number of benzene rings is 1. The smallest absolute Gasteiger partial charge is 0.358 e. The minimum absolute atomic E-state index is 0.0765. The average Bonchev–Trinajstić information content (AvgIpc) is 3.39. The molecule has 1 aliphatic carbocycles. The van der Waals surface area contributed by atoms with Crippen molar-refractivity contribution in [1.82, 2.24) is 10.1 Å². The lowest BCUT2D eigenvalue weighted by molar-refractivity contribution is -0.165. The number of hydrogen-bond donors (Lipinski definition) is 1. The average molecular weight is 405 g/mol. The van der Waals surface area contributed by atoms with Crippen LogP contribution in [0.3, 0.4) is 0 Å². The van der Waals surface area contributed by atoms with Gasteiger partial charge in [-0.15, -0.1) is 0 Å². The van der Waals surface area contributed by atoms with Crippen LogP contribution in [-0.2, 0) is 16.6 Å². The largest absolute Gasteiger partial charge is 0.401 e. The van der Waals surface area contributed by atoms with Gasteiger partial charge in [-0.1, -0.05) is 23.4 Å². The maximum absolute atomic E-state index is 14.4. The zero-order valence-corrected chi connectivity index (χ0v) is 15.0. The Balaban J connectivity index is 1.43. The van der Waals surface area contributed by atoms with Gasteiger partial charge in [0.05, 0.1) is 12.1 Å². The van der Waals surface area contributed by atoms with E-state index in [-0.39, 0.29) is 36.4 Å². The Hall–Kier alpha value is -3.23. The van der Waals surface area contributed by atoms with Crippen LogP contribution in [0.5, 0.6) is 0 Å². The van der Waals surface area contributed by atoms with Gasteiger partial charge in [-0.3, -0.25) is 9.78 Å². The fraction of sp³-hybridized carbons (Fsp3) is 0.250. The fourth-order valence-corrected chi connectivity index (χ4v) is 3.10. The van der Waals surface area contributed by atoms with Gasteiger partial charge in [0.15, 0.2) is 11.6 Å². The van der Waals surface area contributed by atoms with Crippen LogP contribution in [0.2, 0.25) is 0 Å². The second-order valence-electron chi connectivity index (χ2n) is 6.90. The van der Waals surface area contributed by atoms with Crippen molar-refractivity contribution in [3.8, 4) is 11.3 Å². The summed E-state index contributed by atoms with van der Waals surface area (Å²) >= 11 is 0. The summed E-state index contributed by atoms with van der Waals surface area (Å²) in [6.45, 7) is 0. The summed E-state index contributed by atoms with van der Waals surface area (Å²) < 4.78 is 58.5. The molecule has 0 unspecified atom stereocenters. The third kappa shape index (κ3) is 3.72. The molecule has 29 heavy (non-hydrogen) atoms. The summed E-state index contributed by atoms with van der Waals surface area (Å²) in [4.78, 5) is 16.3. The molecular formula is C20H15F4N3O2.